The van der Waals surface area contributed by atoms with E-state index in [1.807, 2.05) is 0 Å². The van der Waals surface area contributed by atoms with E-state index in [4.69, 9.17) is 15.2 Å². The Hall–Kier alpha value is -1.75. The van der Waals surface area contributed by atoms with E-state index >= 15 is 0 Å². The molecule has 0 bridgehead atoms. The summed E-state index contributed by atoms with van der Waals surface area (Å²) in [7, 11) is 0. The van der Waals surface area contributed by atoms with E-state index in [1.54, 1.807) is 18.2 Å². The number of nitrogens with one attached hydrogen (secondary N) is 1. The summed E-state index contributed by atoms with van der Waals surface area (Å²) in [5.41, 5.74) is 6.82. The third-order valence-corrected chi connectivity index (χ3v) is 3.07. The van der Waals surface area contributed by atoms with E-state index in [2.05, 4.69) is 26.1 Å². The van der Waals surface area contributed by atoms with Crippen LogP contribution in [0.4, 0.5) is 5.69 Å². The summed E-state index contributed by atoms with van der Waals surface area (Å²) in [4.78, 5) is 11.9. The summed E-state index contributed by atoms with van der Waals surface area (Å²) >= 11 is 0. The molecule has 5 heteroatoms. The summed E-state index contributed by atoms with van der Waals surface area (Å²) in [6, 6.07) is 5.01. The minimum absolute atomic E-state index is 0.347. The van der Waals surface area contributed by atoms with Gasteiger partial charge in [0.2, 0.25) is 0 Å². The Labute approximate surface area is 133 Å². The van der Waals surface area contributed by atoms with Crippen LogP contribution in [0.15, 0.2) is 18.2 Å². The first-order valence-corrected chi connectivity index (χ1v) is 7.94. The van der Waals surface area contributed by atoms with Crippen molar-refractivity contribution in [3.8, 4) is 5.75 Å². The Morgan fingerprint density at radius 1 is 1.32 bits per heavy atom. The number of esters is 1. The second-order valence-corrected chi connectivity index (χ2v) is 5.69. The number of ether oxygens (including phenoxy) is 2. The van der Waals surface area contributed by atoms with Crippen molar-refractivity contribution in [2.45, 2.75) is 33.6 Å². The zero-order chi connectivity index (χ0) is 16.4. The van der Waals surface area contributed by atoms with Crippen molar-refractivity contribution >= 4 is 11.7 Å². The molecule has 0 radical (unpaired) electrons. The molecule has 0 aromatic heterocycles. The molecular formula is C17H28N2O3. The maximum absolute atomic E-state index is 11.9. The number of carbonyl (C=O) groups excluding carboxylic acids is 1. The topological polar surface area (TPSA) is 73.6 Å². The standard InChI is InChI=1S/C17H28N2O3/c1-4-5-9-21-16-7-6-14(11-15(16)18)17(20)22-10-8-19-12-13(2)3/h6-7,11,13,19H,4-5,8-10,12,18H2,1-3H3. The van der Waals surface area contributed by atoms with E-state index in [1.165, 1.54) is 0 Å². The van der Waals surface area contributed by atoms with Gasteiger partial charge >= 0.3 is 5.97 Å². The van der Waals surface area contributed by atoms with Gasteiger partial charge < -0.3 is 20.5 Å². The maximum atomic E-state index is 11.9. The van der Waals surface area contributed by atoms with E-state index < -0.39 is 0 Å². The summed E-state index contributed by atoms with van der Waals surface area (Å²) in [5, 5.41) is 3.22. The molecule has 1 aromatic rings. The van der Waals surface area contributed by atoms with Gasteiger partial charge in [-0.15, -0.1) is 0 Å². The monoisotopic (exact) mass is 308 g/mol. The Balaban J connectivity index is 2.41. The van der Waals surface area contributed by atoms with Crippen molar-refractivity contribution in [3.63, 3.8) is 0 Å². The number of unbranched alkanes of at least 4 members (excludes halogenated alkanes) is 1. The van der Waals surface area contributed by atoms with Crippen molar-refractivity contribution in [1.82, 2.24) is 5.32 Å². The van der Waals surface area contributed by atoms with Gasteiger partial charge in [0, 0.05) is 6.54 Å². The third kappa shape index (κ3) is 6.80. The highest BCUT2D eigenvalue weighted by molar-refractivity contribution is 5.91. The molecule has 0 aliphatic carbocycles. The molecule has 5 nitrogen and oxygen atoms in total. The molecule has 0 amide bonds. The smallest absolute Gasteiger partial charge is 0.338 e. The highest BCUT2D eigenvalue weighted by Crippen LogP contribution is 2.23. The molecule has 0 aliphatic heterocycles. The average Bonchev–Trinajstić information content (AvgIpc) is 2.48. The van der Waals surface area contributed by atoms with Crippen LogP contribution in [-0.4, -0.2) is 32.3 Å². The molecule has 0 fully saturated rings. The SMILES string of the molecule is CCCCOc1ccc(C(=O)OCCNCC(C)C)cc1N. The van der Waals surface area contributed by atoms with Crippen LogP contribution in [0.3, 0.4) is 0 Å². The van der Waals surface area contributed by atoms with Gasteiger partial charge in [-0.1, -0.05) is 27.2 Å². The Bertz CT molecular complexity index is 461. The quantitative estimate of drug-likeness (QED) is 0.395. The third-order valence-electron chi connectivity index (χ3n) is 3.07. The number of hydrogen-bond donors (Lipinski definition) is 2. The number of rotatable bonds is 10. The molecule has 1 aromatic carbocycles. The van der Waals surface area contributed by atoms with Crippen molar-refractivity contribution in [1.29, 1.82) is 0 Å². The normalized spacial score (nSPS) is 10.7. The zero-order valence-electron chi connectivity index (χ0n) is 13.9. The highest BCUT2D eigenvalue weighted by atomic mass is 16.5. The molecule has 22 heavy (non-hydrogen) atoms. The first-order valence-electron chi connectivity index (χ1n) is 7.94. The van der Waals surface area contributed by atoms with Crippen molar-refractivity contribution in [2.24, 2.45) is 5.92 Å². The van der Waals surface area contributed by atoms with Gasteiger partial charge in [-0.3, -0.25) is 0 Å². The Morgan fingerprint density at radius 2 is 2.09 bits per heavy atom. The molecule has 3 N–H and O–H groups in total. The van der Waals surface area contributed by atoms with Gasteiger partial charge in [0.25, 0.3) is 0 Å². The lowest BCUT2D eigenvalue weighted by atomic mass is 10.2. The lowest BCUT2D eigenvalue weighted by molar-refractivity contribution is 0.0508. The van der Waals surface area contributed by atoms with E-state index in [-0.39, 0.29) is 5.97 Å². The molecule has 0 saturated heterocycles. The van der Waals surface area contributed by atoms with Crippen LogP contribution >= 0.6 is 0 Å². The minimum Gasteiger partial charge on any atom is -0.491 e. The number of anilines is 1. The predicted octanol–water partition coefficient (Wildman–Crippen LogP) is 2.85. The van der Waals surface area contributed by atoms with Gasteiger partial charge in [0.15, 0.2) is 0 Å². The van der Waals surface area contributed by atoms with Gasteiger partial charge in [-0.25, -0.2) is 4.79 Å². The first-order chi connectivity index (χ1) is 10.5. The maximum Gasteiger partial charge on any atom is 0.338 e. The Morgan fingerprint density at radius 3 is 2.73 bits per heavy atom. The summed E-state index contributed by atoms with van der Waals surface area (Å²) < 4.78 is 10.8. The molecular weight excluding hydrogens is 280 g/mol. The van der Waals surface area contributed by atoms with Crippen LogP contribution < -0.4 is 15.8 Å². The molecule has 0 unspecified atom stereocenters. The molecule has 0 spiro atoms. The van der Waals surface area contributed by atoms with Crippen molar-refractivity contribution < 1.29 is 14.3 Å². The van der Waals surface area contributed by atoms with Crippen LogP contribution in [0.2, 0.25) is 0 Å². The number of carbonyl (C=O) groups is 1. The predicted molar refractivity (Wildman–Crippen MR) is 89.2 cm³/mol. The van der Waals surface area contributed by atoms with Crippen LogP contribution in [0, 0.1) is 5.92 Å². The fourth-order valence-electron chi connectivity index (χ4n) is 1.82. The first kappa shape index (κ1) is 18.3. The number of nitrogen functional groups attached to an aromatic ring is 1. The van der Waals surface area contributed by atoms with Gasteiger partial charge in [0.1, 0.15) is 12.4 Å². The number of benzene rings is 1. The average molecular weight is 308 g/mol. The highest BCUT2D eigenvalue weighted by Gasteiger charge is 2.10. The van der Waals surface area contributed by atoms with E-state index in [9.17, 15) is 4.79 Å². The fourth-order valence-corrected chi connectivity index (χ4v) is 1.82. The van der Waals surface area contributed by atoms with Crippen LogP contribution in [0.1, 0.15) is 44.0 Å². The Kier molecular flexibility index (Phi) is 8.36. The van der Waals surface area contributed by atoms with Crippen LogP contribution in [-0.2, 0) is 4.74 Å². The van der Waals surface area contributed by atoms with E-state index in [0.29, 0.717) is 42.7 Å². The summed E-state index contributed by atoms with van der Waals surface area (Å²) in [6.45, 7) is 8.90. The number of nitrogens with two attached hydrogens (primary N) is 1. The van der Waals surface area contributed by atoms with E-state index in [0.717, 1.165) is 19.4 Å². The fraction of sp³-hybridized carbons (Fsp3) is 0.588. The summed E-state index contributed by atoms with van der Waals surface area (Å²) in [6.07, 6.45) is 2.04. The van der Waals surface area contributed by atoms with Gasteiger partial charge in [0.05, 0.1) is 17.9 Å². The summed E-state index contributed by atoms with van der Waals surface area (Å²) in [5.74, 6) is 0.831. The van der Waals surface area contributed by atoms with Crippen LogP contribution in [0.5, 0.6) is 5.75 Å². The van der Waals surface area contributed by atoms with Gasteiger partial charge in [-0.2, -0.15) is 0 Å². The lowest BCUT2D eigenvalue weighted by Gasteiger charge is -2.11. The largest absolute Gasteiger partial charge is 0.491 e. The molecule has 1 rings (SSSR count). The van der Waals surface area contributed by atoms with Gasteiger partial charge in [-0.05, 0) is 37.1 Å². The van der Waals surface area contributed by atoms with Crippen molar-refractivity contribution in [2.75, 3.05) is 32.0 Å². The molecule has 0 heterocycles. The molecule has 0 atom stereocenters. The lowest BCUT2D eigenvalue weighted by Crippen LogP contribution is -2.25. The van der Waals surface area contributed by atoms with Crippen LogP contribution in [0.25, 0.3) is 0 Å². The zero-order valence-corrected chi connectivity index (χ0v) is 13.9. The second-order valence-electron chi connectivity index (χ2n) is 5.69. The minimum atomic E-state index is -0.363. The second kappa shape index (κ2) is 10.1. The molecule has 0 saturated carbocycles. The number of hydrogen-bond acceptors (Lipinski definition) is 5. The molecule has 0 aliphatic rings. The van der Waals surface area contributed by atoms with Crippen molar-refractivity contribution in [3.05, 3.63) is 23.8 Å². The molecule has 124 valence electrons.